The second-order valence-corrected chi connectivity index (χ2v) is 6.59. The average molecular weight is 268 g/mol. The number of hydrogen-bond donors (Lipinski definition) is 3. The number of hydrogen-bond acceptors (Lipinski definition) is 2. The number of carbonyl (C=O) groups is 2. The van der Waals surface area contributed by atoms with Gasteiger partial charge in [0.2, 0.25) is 0 Å². The highest BCUT2D eigenvalue weighted by Gasteiger charge is 2.37. The van der Waals surface area contributed by atoms with Crippen LogP contribution in [-0.2, 0) is 4.79 Å². The van der Waals surface area contributed by atoms with Crippen LogP contribution in [0.3, 0.4) is 0 Å². The number of aliphatic carboxylic acids is 1. The van der Waals surface area contributed by atoms with Gasteiger partial charge in [-0.1, -0.05) is 20.3 Å². The molecule has 0 saturated heterocycles. The van der Waals surface area contributed by atoms with Crippen molar-refractivity contribution >= 4 is 12.0 Å². The van der Waals surface area contributed by atoms with E-state index >= 15 is 0 Å². The number of urea groups is 1. The Balaban J connectivity index is 1.84. The molecule has 2 amide bonds. The molecule has 0 heterocycles. The molecule has 0 aromatic rings. The third-order valence-corrected chi connectivity index (χ3v) is 4.46. The summed E-state index contributed by atoms with van der Waals surface area (Å²) in [5.41, 5.74) is 0.138. The van der Waals surface area contributed by atoms with Crippen molar-refractivity contribution in [2.75, 3.05) is 0 Å². The van der Waals surface area contributed by atoms with E-state index < -0.39 is 5.97 Å². The van der Waals surface area contributed by atoms with E-state index in [4.69, 9.17) is 5.11 Å². The molecule has 19 heavy (non-hydrogen) atoms. The average Bonchev–Trinajstić information content (AvgIpc) is 3.05. The lowest BCUT2D eigenvalue weighted by molar-refractivity contribution is -0.137. The van der Waals surface area contributed by atoms with E-state index in [2.05, 4.69) is 24.5 Å². The second-order valence-electron chi connectivity index (χ2n) is 6.59. The van der Waals surface area contributed by atoms with Crippen LogP contribution in [0.25, 0.3) is 0 Å². The summed E-state index contributed by atoms with van der Waals surface area (Å²) >= 11 is 0. The van der Waals surface area contributed by atoms with Crippen molar-refractivity contribution in [3.05, 3.63) is 0 Å². The maximum Gasteiger partial charge on any atom is 0.315 e. The zero-order chi connectivity index (χ0) is 14.0. The fraction of sp³-hybridized carbons (Fsp3) is 0.857. The minimum absolute atomic E-state index is 0.0200. The van der Waals surface area contributed by atoms with Gasteiger partial charge in [-0.05, 0) is 37.0 Å². The molecule has 0 spiro atoms. The minimum Gasteiger partial charge on any atom is -0.481 e. The van der Waals surface area contributed by atoms with Gasteiger partial charge in [0.25, 0.3) is 0 Å². The molecule has 5 heteroatoms. The van der Waals surface area contributed by atoms with E-state index in [9.17, 15) is 9.59 Å². The first-order valence-electron chi connectivity index (χ1n) is 7.17. The van der Waals surface area contributed by atoms with Crippen molar-refractivity contribution in [2.24, 2.45) is 11.3 Å². The van der Waals surface area contributed by atoms with Crippen LogP contribution in [-0.4, -0.2) is 29.2 Å². The van der Waals surface area contributed by atoms with Gasteiger partial charge in [-0.2, -0.15) is 0 Å². The van der Waals surface area contributed by atoms with Crippen molar-refractivity contribution in [2.45, 2.75) is 64.5 Å². The lowest BCUT2D eigenvalue weighted by Gasteiger charge is -2.28. The molecule has 3 N–H and O–H groups in total. The summed E-state index contributed by atoms with van der Waals surface area (Å²) in [7, 11) is 0. The van der Waals surface area contributed by atoms with E-state index in [1.54, 1.807) is 0 Å². The van der Waals surface area contributed by atoms with E-state index in [-0.39, 0.29) is 30.0 Å². The lowest BCUT2D eigenvalue weighted by Crippen LogP contribution is -2.50. The maximum absolute atomic E-state index is 12.0. The normalized spacial score (nSPS) is 26.7. The van der Waals surface area contributed by atoms with Crippen LogP contribution < -0.4 is 10.6 Å². The van der Waals surface area contributed by atoms with Gasteiger partial charge in [0.05, 0.1) is 6.42 Å². The Morgan fingerprint density at radius 3 is 2.47 bits per heavy atom. The summed E-state index contributed by atoms with van der Waals surface area (Å²) < 4.78 is 0. The van der Waals surface area contributed by atoms with Gasteiger partial charge in [0.15, 0.2) is 0 Å². The Labute approximate surface area is 114 Å². The zero-order valence-electron chi connectivity index (χ0n) is 11.7. The van der Waals surface area contributed by atoms with Gasteiger partial charge in [-0.25, -0.2) is 4.79 Å². The maximum atomic E-state index is 12.0. The van der Waals surface area contributed by atoms with E-state index in [0.29, 0.717) is 5.92 Å². The number of carboxylic acid groups (broad SMARTS) is 1. The quantitative estimate of drug-likeness (QED) is 0.714. The Hall–Kier alpha value is -1.26. The van der Waals surface area contributed by atoms with Gasteiger partial charge in [0, 0.05) is 12.1 Å². The topological polar surface area (TPSA) is 78.4 Å². The third kappa shape index (κ3) is 3.85. The fourth-order valence-corrected chi connectivity index (χ4v) is 2.98. The summed E-state index contributed by atoms with van der Waals surface area (Å²) in [6.07, 6.45) is 5.33. The predicted octanol–water partition coefficient (Wildman–Crippen LogP) is 2.12. The second kappa shape index (κ2) is 5.39. The molecule has 2 aliphatic rings. The molecule has 0 radical (unpaired) electrons. The molecule has 108 valence electrons. The monoisotopic (exact) mass is 268 g/mol. The van der Waals surface area contributed by atoms with E-state index in [1.807, 2.05) is 0 Å². The number of carbonyl (C=O) groups excluding carboxylic acids is 1. The van der Waals surface area contributed by atoms with Crippen LogP contribution in [0.2, 0.25) is 0 Å². The van der Waals surface area contributed by atoms with Crippen LogP contribution in [0.1, 0.15) is 52.4 Å². The molecule has 2 rings (SSSR count). The number of nitrogens with one attached hydrogen (secondary N) is 2. The van der Waals surface area contributed by atoms with E-state index in [1.165, 1.54) is 0 Å². The largest absolute Gasteiger partial charge is 0.481 e. The molecule has 0 aliphatic heterocycles. The van der Waals surface area contributed by atoms with Crippen molar-refractivity contribution in [1.29, 1.82) is 0 Å². The summed E-state index contributed by atoms with van der Waals surface area (Å²) in [6.45, 7) is 4.33. The van der Waals surface area contributed by atoms with Gasteiger partial charge in [-0.15, -0.1) is 0 Å². The van der Waals surface area contributed by atoms with E-state index in [0.717, 1.165) is 32.1 Å². The highest BCUT2D eigenvalue weighted by Crippen LogP contribution is 2.37. The van der Waals surface area contributed by atoms with Gasteiger partial charge >= 0.3 is 12.0 Å². The van der Waals surface area contributed by atoms with Gasteiger partial charge < -0.3 is 15.7 Å². The van der Waals surface area contributed by atoms with Crippen molar-refractivity contribution < 1.29 is 14.7 Å². The lowest BCUT2D eigenvalue weighted by atomic mass is 9.87. The predicted molar refractivity (Wildman–Crippen MR) is 71.9 cm³/mol. The fourth-order valence-electron chi connectivity index (χ4n) is 2.98. The summed E-state index contributed by atoms with van der Waals surface area (Å²) in [6, 6.07) is -0.239. The number of carboxylic acids is 1. The molecular formula is C14H24N2O3. The molecule has 2 atom stereocenters. The Kier molecular flexibility index (Phi) is 4.02. The first-order chi connectivity index (χ1) is 8.88. The highest BCUT2D eigenvalue weighted by atomic mass is 16.4. The Morgan fingerprint density at radius 1 is 1.32 bits per heavy atom. The molecule has 2 unspecified atom stereocenters. The Morgan fingerprint density at radius 2 is 2.00 bits per heavy atom. The van der Waals surface area contributed by atoms with Crippen LogP contribution in [0.4, 0.5) is 4.79 Å². The first kappa shape index (κ1) is 14.2. The molecule has 0 aromatic heterocycles. The van der Waals surface area contributed by atoms with Crippen molar-refractivity contribution in [3.8, 4) is 0 Å². The zero-order valence-corrected chi connectivity index (χ0v) is 11.7. The van der Waals surface area contributed by atoms with Gasteiger partial charge in [0.1, 0.15) is 0 Å². The first-order valence-corrected chi connectivity index (χ1v) is 7.17. The summed E-state index contributed by atoms with van der Waals surface area (Å²) in [4.78, 5) is 22.8. The molecule has 5 nitrogen and oxygen atoms in total. The molecule has 0 bridgehead atoms. The summed E-state index contributed by atoms with van der Waals surface area (Å²) in [5, 5.41) is 14.7. The van der Waals surface area contributed by atoms with Gasteiger partial charge in [-0.3, -0.25) is 4.79 Å². The smallest absolute Gasteiger partial charge is 0.315 e. The molecular weight excluding hydrogens is 244 g/mol. The minimum atomic E-state index is -0.849. The van der Waals surface area contributed by atoms with Crippen LogP contribution in [0.15, 0.2) is 0 Å². The van der Waals surface area contributed by atoms with Crippen LogP contribution in [0, 0.1) is 11.3 Å². The number of amides is 2. The van der Waals surface area contributed by atoms with Crippen LogP contribution in [0.5, 0.6) is 0 Å². The van der Waals surface area contributed by atoms with Crippen molar-refractivity contribution in [1.82, 2.24) is 10.6 Å². The standard InChI is InChI=1S/C14H24N2O3/c1-14(2)7-3-4-11(14)16-13(19)15-10(8-12(17)18)9-5-6-9/h9-11H,3-8H2,1-2H3,(H,17,18)(H2,15,16,19). The van der Waals surface area contributed by atoms with Crippen LogP contribution >= 0.6 is 0 Å². The molecule has 2 fully saturated rings. The SMILES string of the molecule is CC1(C)CCCC1NC(=O)NC(CC(=O)O)C1CC1. The number of rotatable bonds is 5. The highest BCUT2D eigenvalue weighted by molar-refractivity contribution is 5.76. The summed E-state index contributed by atoms with van der Waals surface area (Å²) in [5.74, 6) is -0.503. The Bertz CT molecular complexity index is 364. The molecule has 2 aliphatic carbocycles. The third-order valence-electron chi connectivity index (χ3n) is 4.46. The molecule has 0 aromatic carbocycles. The molecule has 2 saturated carbocycles. The van der Waals surface area contributed by atoms with Crippen molar-refractivity contribution in [3.63, 3.8) is 0 Å².